The van der Waals surface area contributed by atoms with E-state index in [0.29, 0.717) is 5.92 Å². The van der Waals surface area contributed by atoms with Crippen LogP contribution in [0.1, 0.15) is 28.7 Å². The normalized spacial score (nSPS) is 21.0. The molecule has 0 N–H and O–H groups in total. The minimum Gasteiger partial charge on any atom is -0.463 e. The van der Waals surface area contributed by atoms with Gasteiger partial charge in [0.15, 0.2) is 0 Å². The topological polar surface area (TPSA) is 55.3 Å². The van der Waals surface area contributed by atoms with Crippen LogP contribution in [0.3, 0.4) is 0 Å². The highest BCUT2D eigenvalue weighted by Gasteiger charge is 2.23. The van der Waals surface area contributed by atoms with Gasteiger partial charge in [-0.1, -0.05) is 0 Å². The Hall–Kier alpha value is -1.49. The summed E-state index contributed by atoms with van der Waals surface area (Å²) in [7, 11) is 3.42. The van der Waals surface area contributed by atoms with E-state index in [1.807, 2.05) is 6.07 Å². The molecule has 86 valence electrons. The van der Waals surface area contributed by atoms with Gasteiger partial charge in [-0.3, -0.25) is 0 Å². The summed E-state index contributed by atoms with van der Waals surface area (Å²) in [6.07, 6.45) is 2.70. The first-order chi connectivity index (χ1) is 7.70. The van der Waals surface area contributed by atoms with Crippen molar-refractivity contribution in [3.63, 3.8) is 0 Å². The SMILES string of the molecule is COC(=O)c1nccc(C2CCN(C)C2)n1. The minimum atomic E-state index is -0.479. The molecule has 2 rings (SSSR count). The number of likely N-dealkylation sites (tertiary alicyclic amines) is 1. The molecule has 1 aliphatic heterocycles. The van der Waals surface area contributed by atoms with E-state index in [1.165, 1.54) is 7.11 Å². The Bertz CT molecular complexity index is 395. The predicted molar refractivity (Wildman–Crippen MR) is 58.2 cm³/mol. The fraction of sp³-hybridized carbons (Fsp3) is 0.545. The zero-order valence-corrected chi connectivity index (χ0v) is 9.51. The quantitative estimate of drug-likeness (QED) is 0.687. The summed E-state index contributed by atoms with van der Waals surface area (Å²) in [5.41, 5.74) is 0.930. The summed E-state index contributed by atoms with van der Waals surface area (Å²) in [5.74, 6) is 0.0687. The molecular formula is C11H15N3O2. The first kappa shape index (κ1) is 11.0. The predicted octanol–water partition coefficient (Wildman–Crippen LogP) is 0.682. The van der Waals surface area contributed by atoms with Crippen molar-refractivity contribution in [2.45, 2.75) is 12.3 Å². The Labute approximate surface area is 94.5 Å². The van der Waals surface area contributed by atoms with Crippen molar-refractivity contribution in [2.24, 2.45) is 0 Å². The Balaban J connectivity index is 2.19. The molecule has 1 saturated heterocycles. The number of carbonyl (C=O) groups excluding carboxylic acids is 1. The number of rotatable bonds is 2. The van der Waals surface area contributed by atoms with E-state index in [-0.39, 0.29) is 5.82 Å². The van der Waals surface area contributed by atoms with Gasteiger partial charge < -0.3 is 9.64 Å². The molecule has 0 bridgehead atoms. The minimum absolute atomic E-state index is 0.148. The van der Waals surface area contributed by atoms with E-state index < -0.39 is 5.97 Å². The van der Waals surface area contributed by atoms with Crippen molar-refractivity contribution in [3.05, 3.63) is 23.8 Å². The molecule has 1 fully saturated rings. The van der Waals surface area contributed by atoms with Gasteiger partial charge in [0.2, 0.25) is 5.82 Å². The summed E-state index contributed by atoms with van der Waals surface area (Å²) in [4.78, 5) is 21.7. The highest BCUT2D eigenvalue weighted by Crippen LogP contribution is 2.24. The summed E-state index contributed by atoms with van der Waals surface area (Å²) < 4.78 is 4.60. The van der Waals surface area contributed by atoms with Crippen molar-refractivity contribution in [2.75, 3.05) is 27.2 Å². The van der Waals surface area contributed by atoms with Crippen LogP contribution in [-0.2, 0) is 4.74 Å². The van der Waals surface area contributed by atoms with Gasteiger partial charge >= 0.3 is 5.97 Å². The maximum Gasteiger partial charge on any atom is 0.376 e. The average Bonchev–Trinajstić information content (AvgIpc) is 2.75. The summed E-state index contributed by atoms with van der Waals surface area (Å²) >= 11 is 0. The van der Waals surface area contributed by atoms with Gasteiger partial charge in [0.25, 0.3) is 0 Å². The third-order valence-electron chi connectivity index (χ3n) is 2.85. The largest absolute Gasteiger partial charge is 0.463 e. The van der Waals surface area contributed by atoms with Gasteiger partial charge in [-0.15, -0.1) is 0 Å². The summed E-state index contributed by atoms with van der Waals surface area (Å²) in [6, 6.07) is 1.87. The number of ether oxygens (including phenoxy) is 1. The molecule has 1 atom stereocenters. The van der Waals surface area contributed by atoms with E-state index >= 15 is 0 Å². The van der Waals surface area contributed by atoms with E-state index in [4.69, 9.17) is 0 Å². The number of esters is 1. The van der Waals surface area contributed by atoms with Crippen LogP contribution in [0.4, 0.5) is 0 Å². The lowest BCUT2D eigenvalue weighted by atomic mass is 10.1. The molecule has 1 aromatic rings. The molecule has 0 spiro atoms. The van der Waals surface area contributed by atoms with Crippen LogP contribution in [0.5, 0.6) is 0 Å². The maximum atomic E-state index is 11.3. The zero-order valence-electron chi connectivity index (χ0n) is 9.51. The van der Waals surface area contributed by atoms with Gasteiger partial charge in [0, 0.05) is 24.4 Å². The monoisotopic (exact) mass is 221 g/mol. The highest BCUT2D eigenvalue weighted by molar-refractivity contribution is 5.84. The second-order valence-corrected chi connectivity index (χ2v) is 4.04. The van der Waals surface area contributed by atoms with Crippen LogP contribution in [0.2, 0.25) is 0 Å². The molecule has 5 heteroatoms. The van der Waals surface area contributed by atoms with E-state index in [1.54, 1.807) is 6.20 Å². The van der Waals surface area contributed by atoms with Crippen molar-refractivity contribution >= 4 is 5.97 Å². The van der Waals surface area contributed by atoms with Crippen molar-refractivity contribution in [3.8, 4) is 0 Å². The average molecular weight is 221 g/mol. The van der Waals surface area contributed by atoms with Crippen molar-refractivity contribution < 1.29 is 9.53 Å². The zero-order chi connectivity index (χ0) is 11.5. The molecule has 0 radical (unpaired) electrons. The molecule has 0 aliphatic carbocycles. The summed E-state index contributed by atoms with van der Waals surface area (Å²) in [5, 5.41) is 0. The molecule has 1 unspecified atom stereocenters. The third kappa shape index (κ3) is 2.19. The second kappa shape index (κ2) is 4.57. The molecule has 1 aliphatic rings. The smallest absolute Gasteiger partial charge is 0.376 e. The molecule has 5 nitrogen and oxygen atoms in total. The number of methoxy groups -OCH3 is 1. The van der Waals surface area contributed by atoms with Crippen LogP contribution in [0, 0.1) is 0 Å². The standard InChI is InChI=1S/C11H15N3O2/c1-14-6-4-8(7-14)9-3-5-12-10(13-9)11(15)16-2/h3,5,8H,4,6-7H2,1-2H3. The molecular weight excluding hydrogens is 206 g/mol. The Morgan fingerprint density at radius 3 is 3.06 bits per heavy atom. The Kier molecular flexibility index (Phi) is 3.14. The van der Waals surface area contributed by atoms with Gasteiger partial charge in [0.05, 0.1) is 7.11 Å². The maximum absolute atomic E-state index is 11.3. The molecule has 0 aromatic carbocycles. The number of hydrogen-bond donors (Lipinski definition) is 0. The molecule has 16 heavy (non-hydrogen) atoms. The van der Waals surface area contributed by atoms with Gasteiger partial charge in [0.1, 0.15) is 0 Å². The van der Waals surface area contributed by atoms with Gasteiger partial charge in [-0.25, -0.2) is 14.8 Å². The van der Waals surface area contributed by atoms with E-state index in [0.717, 1.165) is 25.2 Å². The van der Waals surface area contributed by atoms with Crippen LogP contribution < -0.4 is 0 Å². The first-order valence-electron chi connectivity index (χ1n) is 5.30. The lowest BCUT2D eigenvalue weighted by Crippen LogP contribution is -2.15. The third-order valence-corrected chi connectivity index (χ3v) is 2.85. The molecule has 1 aromatic heterocycles. The lowest BCUT2D eigenvalue weighted by Gasteiger charge is -2.10. The molecule has 0 amide bonds. The number of nitrogens with zero attached hydrogens (tertiary/aromatic N) is 3. The lowest BCUT2D eigenvalue weighted by molar-refractivity contribution is 0.0586. The van der Waals surface area contributed by atoms with Gasteiger partial charge in [-0.05, 0) is 26.1 Å². The van der Waals surface area contributed by atoms with E-state index in [2.05, 4.69) is 26.7 Å². The number of likely N-dealkylation sites (N-methyl/N-ethyl adjacent to an activating group) is 1. The van der Waals surface area contributed by atoms with Crippen LogP contribution >= 0.6 is 0 Å². The Morgan fingerprint density at radius 1 is 1.62 bits per heavy atom. The van der Waals surface area contributed by atoms with Crippen LogP contribution in [-0.4, -0.2) is 48.1 Å². The summed E-state index contributed by atoms with van der Waals surface area (Å²) in [6.45, 7) is 2.06. The highest BCUT2D eigenvalue weighted by atomic mass is 16.5. The van der Waals surface area contributed by atoms with Crippen molar-refractivity contribution in [1.29, 1.82) is 0 Å². The number of carbonyl (C=O) groups is 1. The second-order valence-electron chi connectivity index (χ2n) is 4.04. The van der Waals surface area contributed by atoms with Gasteiger partial charge in [-0.2, -0.15) is 0 Å². The van der Waals surface area contributed by atoms with Crippen LogP contribution in [0.25, 0.3) is 0 Å². The molecule has 0 saturated carbocycles. The Morgan fingerprint density at radius 2 is 2.44 bits per heavy atom. The molecule has 2 heterocycles. The van der Waals surface area contributed by atoms with E-state index in [9.17, 15) is 4.79 Å². The van der Waals surface area contributed by atoms with Crippen LogP contribution in [0.15, 0.2) is 12.3 Å². The number of hydrogen-bond acceptors (Lipinski definition) is 5. The number of aromatic nitrogens is 2. The fourth-order valence-corrected chi connectivity index (χ4v) is 1.97. The van der Waals surface area contributed by atoms with Crippen molar-refractivity contribution in [1.82, 2.24) is 14.9 Å². The fourth-order valence-electron chi connectivity index (χ4n) is 1.97. The first-order valence-corrected chi connectivity index (χ1v) is 5.30.